The highest BCUT2D eigenvalue weighted by Crippen LogP contribution is 2.33. The molecule has 3 aliphatic rings. The fourth-order valence-electron chi connectivity index (χ4n) is 4.93. The summed E-state index contributed by atoms with van der Waals surface area (Å²) in [4.78, 5) is 9.71. The molecule has 3 fully saturated rings. The van der Waals surface area contributed by atoms with E-state index in [1.165, 1.54) is 58.2 Å². The highest BCUT2D eigenvalue weighted by molar-refractivity contribution is 14.0. The summed E-state index contributed by atoms with van der Waals surface area (Å²) in [6.07, 6.45) is 7.97. The lowest BCUT2D eigenvalue weighted by molar-refractivity contribution is -0.0352. The van der Waals surface area contributed by atoms with Gasteiger partial charge in [-0.1, -0.05) is 26.2 Å². The highest BCUT2D eigenvalue weighted by atomic mass is 127. The third-order valence-electron chi connectivity index (χ3n) is 6.65. The maximum Gasteiger partial charge on any atom is 0.191 e. The van der Waals surface area contributed by atoms with Crippen LogP contribution in [0.3, 0.4) is 0 Å². The molecule has 0 amide bonds. The van der Waals surface area contributed by atoms with Gasteiger partial charge in [-0.15, -0.1) is 24.0 Å². The van der Waals surface area contributed by atoms with Crippen molar-refractivity contribution in [1.82, 2.24) is 20.4 Å². The van der Waals surface area contributed by atoms with Gasteiger partial charge in [0, 0.05) is 45.3 Å². The van der Waals surface area contributed by atoms with Crippen molar-refractivity contribution in [3.63, 3.8) is 0 Å². The van der Waals surface area contributed by atoms with Crippen molar-refractivity contribution in [2.45, 2.75) is 51.0 Å². The van der Waals surface area contributed by atoms with Gasteiger partial charge in [0.05, 0.1) is 13.2 Å². The molecule has 1 atom stereocenters. The number of morpholine rings is 1. The molecule has 0 radical (unpaired) electrons. The van der Waals surface area contributed by atoms with Gasteiger partial charge in [0.25, 0.3) is 0 Å². The third kappa shape index (κ3) is 6.44. The molecule has 2 N–H and O–H groups in total. The van der Waals surface area contributed by atoms with Crippen LogP contribution in [0.1, 0.15) is 45.4 Å². The van der Waals surface area contributed by atoms with E-state index in [-0.39, 0.29) is 29.5 Å². The first-order valence-electron chi connectivity index (χ1n) is 10.8. The lowest BCUT2D eigenvalue weighted by Gasteiger charge is -2.48. The molecule has 2 heterocycles. The lowest BCUT2D eigenvalue weighted by atomic mass is 9.80. The van der Waals surface area contributed by atoms with Crippen molar-refractivity contribution < 1.29 is 4.74 Å². The predicted octanol–water partition coefficient (Wildman–Crippen LogP) is 2.15. The third-order valence-corrected chi connectivity index (χ3v) is 6.65. The molecule has 0 aromatic rings. The summed E-state index contributed by atoms with van der Waals surface area (Å²) < 4.78 is 5.59. The van der Waals surface area contributed by atoms with Gasteiger partial charge in [0.2, 0.25) is 0 Å². The zero-order valence-electron chi connectivity index (χ0n) is 17.3. The molecule has 0 aromatic heterocycles. The molecule has 1 saturated carbocycles. The molecule has 158 valence electrons. The molecule has 27 heavy (non-hydrogen) atoms. The summed E-state index contributed by atoms with van der Waals surface area (Å²) in [5.74, 6) is 1.72. The van der Waals surface area contributed by atoms with Crippen molar-refractivity contribution in [3.05, 3.63) is 0 Å². The lowest BCUT2D eigenvalue weighted by Crippen LogP contribution is -2.60. The molecule has 0 spiro atoms. The van der Waals surface area contributed by atoms with Gasteiger partial charge in [0.15, 0.2) is 5.96 Å². The number of guanidine groups is 1. The van der Waals surface area contributed by atoms with Gasteiger partial charge in [0.1, 0.15) is 0 Å². The summed E-state index contributed by atoms with van der Waals surface area (Å²) in [5.41, 5.74) is 0.284. The van der Waals surface area contributed by atoms with Crippen molar-refractivity contribution in [1.29, 1.82) is 0 Å². The van der Waals surface area contributed by atoms with Crippen LogP contribution in [0.4, 0.5) is 0 Å². The van der Waals surface area contributed by atoms with Crippen LogP contribution >= 0.6 is 24.0 Å². The average Bonchev–Trinajstić information content (AvgIpc) is 3.18. The second-order valence-electron chi connectivity index (χ2n) is 8.24. The zero-order valence-corrected chi connectivity index (χ0v) is 19.7. The van der Waals surface area contributed by atoms with E-state index in [4.69, 9.17) is 4.74 Å². The van der Waals surface area contributed by atoms with Gasteiger partial charge in [-0.2, -0.15) is 0 Å². The Hall–Kier alpha value is -0.120. The Bertz CT molecular complexity index is 450. The number of hydrogen-bond donors (Lipinski definition) is 2. The first kappa shape index (κ1) is 23.2. The van der Waals surface area contributed by atoms with Crippen LogP contribution < -0.4 is 10.6 Å². The zero-order chi connectivity index (χ0) is 18.2. The second kappa shape index (κ2) is 11.8. The van der Waals surface area contributed by atoms with Gasteiger partial charge in [-0.3, -0.25) is 9.89 Å². The Labute approximate surface area is 182 Å². The fourth-order valence-corrected chi connectivity index (χ4v) is 4.93. The standard InChI is InChI=1S/C20H39N5O.HI/c1-3-24-10-7-18(16-24)15-22-19(21-2)23-17-20(8-5-4-6-9-20)25-11-13-26-14-12-25;/h18H,3-17H2,1-2H3,(H2,21,22,23);1H. The normalized spacial score (nSPS) is 27.2. The molecule has 1 aliphatic carbocycles. The fraction of sp³-hybridized carbons (Fsp3) is 0.950. The SMILES string of the molecule is CCN1CCC(CNC(=NC)NCC2(N3CCOCC3)CCCCC2)C1.I. The molecule has 0 bridgehead atoms. The van der Waals surface area contributed by atoms with E-state index in [9.17, 15) is 0 Å². The summed E-state index contributed by atoms with van der Waals surface area (Å²) in [5, 5.41) is 7.25. The van der Waals surface area contributed by atoms with E-state index >= 15 is 0 Å². The molecule has 7 heteroatoms. The number of nitrogens with zero attached hydrogens (tertiary/aromatic N) is 3. The van der Waals surface area contributed by atoms with Crippen LogP contribution in [0.25, 0.3) is 0 Å². The Morgan fingerprint density at radius 2 is 1.85 bits per heavy atom. The number of rotatable bonds is 6. The molecule has 3 rings (SSSR count). The van der Waals surface area contributed by atoms with Gasteiger partial charge < -0.3 is 20.3 Å². The summed E-state index contributed by atoms with van der Waals surface area (Å²) in [6, 6.07) is 0. The van der Waals surface area contributed by atoms with Crippen molar-refractivity contribution in [3.8, 4) is 0 Å². The van der Waals surface area contributed by atoms with Crippen LogP contribution in [-0.4, -0.2) is 87.4 Å². The van der Waals surface area contributed by atoms with Crippen LogP contribution in [-0.2, 0) is 4.74 Å². The van der Waals surface area contributed by atoms with E-state index < -0.39 is 0 Å². The van der Waals surface area contributed by atoms with E-state index in [0.29, 0.717) is 0 Å². The molecule has 2 saturated heterocycles. The maximum atomic E-state index is 5.59. The number of halogens is 1. The quantitative estimate of drug-likeness (QED) is 0.338. The summed E-state index contributed by atoms with van der Waals surface area (Å²) in [7, 11) is 1.89. The minimum Gasteiger partial charge on any atom is -0.379 e. The van der Waals surface area contributed by atoms with E-state index in [0.717, 1.165) is 51.3 Å². The number of hydrogen-bond acceptors (Lipinski definition) is 4. The molecule has 2 aliphatic heterocycles. The van der Waals surface area contributed by atoms with Crippen LogP contribution in [0, 0.1) is 5.92 Å². The Morgan fingerprint density at radius 3 is 2.48 bits per heavy atom. The Kier molecular flexibility index (Phi) is 10.1. The van der Waals surface area contributed by atoms with E-state index in [1.807, 2.05) is 7.05 Å². The Balaban J connectivity index is 0.00000261. The van der Waals surface area contributed by atoms with Crippen LogP contribution in [0.2, 0.25) is 0 Å². The molecule has 1 unspecified atom stereocenters. The van der Waals surface area contributed by atoms with Gasteiger partial charge in [-0.25, -0.2) is 0 Å². The molecule has 0 aromatic carbocycles. The monoisotopic (exact) mass is 493 g/mol. The maximum absolute atomic E-state index is 5.59. The van der Waals surface area contributed by atoms with E-state index in [2.05, 4.69) is 32.3 Å². The summed E-state index contributed by atoms with van der Waals surface area (Å²) in [6.45, 7) is 11.8. The molecular weight excluding hydrogens is 453 g/mol. The predicted molar refractivity (Wildman–Crippen MR) is 123 cm³/mol. The first-order chi connectivity index (χ1) is 12.8. The molecule has 6 nitrogen and oxygen atoms in total. The minimum absolute atomic E-state index is 0. The Morgan fingerprint density at radius 1 is 1.11 bits per heavy atom. The average molecular weight is 493 g/mol. The van der Waals surface area contributed by atoms with Crippen LogP contribution in [0.5, 0.6) is 0 Å². The number of nitrogens with one attached hydrogen (secondary N) is 2. The van der Waals surface area contributed by atoms with Crippen LogP contribution in [0.15, 0.2) is 4.99 Å². The highest BCUT2D eigenvalue weighted by Gasteiger charge is 2.38. The summed E-state index contributed by atoms with van der Waals surface area (Å²) >= 11 is 0. The minimum atomic E-state index is 0. The van der Waals surface area contributed by atoms with Gasteiger partial charge >= 0.3 is 0 Å². The van der Waals surface area contributed by atoms with Crippen molar-refractivity contribution in [2.24, 2.45) is 10.9 Å². The van der Waals surface area contributed by atoms with Gasteiger partial charge in [-0.05, 0) is 38.3 Å². The number of ether oxygens (including phenoxy) is 1. The molecular formula is C20H40IN5O. The smallest absolute Gasteiger partial charge is 0.191 e. The largest absolute Gasteiger partial charge is 0.379 e. The number of aliphatic imine (C=N–C) groups is 1. The van der Waals surface area contributed by atoms with Crippen molar-refractivity contribution >= 4 is 29.9 Å². The first-order valence-corrected chi connectivity index (χ1v) is 10.8. The topological polar surface area (TPSA) is 52.1 Å². The second-order valence-corrected chi connectivity index (χ2v) is 8.24. The van der Waals surface area contributed by atoms with Crippen molar-refractivity contribution in [2.75, 3.05) is 66.1 Å². The van der Waals surface area contributed by atoms with E-state index in [1.54, 1.807) is 0 Å². The number of likely N-dealkylation sites (tertiary alicyclic amines) is 1.